The van der Waals surface area contributed by atoms with Crippen LogP contribution in [-0.4, -0.2) is 27.2 Å². The number of rotatable bonds is 6. The van der Waals surface area contributed by atoms with Crippen LogP contribution in [0.4, 0.5) is 5.69 Å². The topological polar surface area (TPSA) is 56.8 Å². The number of anilines is 1. The van der Waals surface area contributed by atoms with E-state index in [1.807, 2.05) is 41.8 Å². The van der Waals surface area contributed by atoms with E-state index in [2.05, 4.69) is 5.32 Å². The van der Waals surface area contributed by atoms with Crippen molar-refractivity contribution in [2.75, 3.05) is 26.6 Å². The second-order valence-corrected chi connectivity index (χ2v) is 6.31. The molecule has 0 aliphatic heterocycles. The van der Waals surface area contributed by atoms with Gasteiger partial charge in [-0.1, -0.05) is 30.3 Å². The van der Waals surface area contributed by atoms with Crippen LogP contribution >= 0.6 is 11.3 Å². The summed E-state index contributed by atoms with van der Waals surface area (Å²) in [4.78, 5) is 13.5. The van der Waals surface area contributed by atoms with Gasteiger partial charge < -0.3 is 19.5 Å². The molecule has 1 amide bonds. The number of hydrogen-bond donors (Lipinski definition) is 1. The van der Waals surface area contributed by atoms with Crippen molar-refractivity contribution in [3.05, 3.63) is 58.8 Å². The monoisotopic (exact) mass is 369 g/mol. The fourth-order valence-electron chi connectivity index (χ4n) is 2.67. The lowest BCUT2D eigenvalue weighted by Gasteiger charge is -2.14. The molecular weight excluding hydrogens is 350 g/mol. The lowest BCUT2D eigenvalue weighted by Crippen LogP contribution is -2.11. The van der Waals surface area contributed by atoms with E-state index in [4.69, 9.17) is 14.2 Å². The Labute approximate surface area is 156 Å². The molecule has 0 aliphatic carbocycles. The fraction of sp³-hybridized carbons (Fsp3) is 0.150. The number of carbonyl (C=O) groups excluding carboxylic acids is 1. The summed E-state index contributed by atoms with van der Waals surface area (Å²) in [6, 6.07) is 15.2. The van der Waals surface area contributed by atoms with E-state index in [0.29, 0.717) is 27.8 Å². The number of ether oxygens (including phenoxy) is 3. The van der Waals surface area contributed by atoms with Crippen molar-refractivity contribution in [2.24, 2.45) is 0 Å². The molecular formula is C20H19NO4S. The van der Waals surface area contributed by atoms with E-state index in [1.165, 1.54) is 32.7 Å². The molecule has 1 heterocycles. The Morgan fingerprint density at radius 1 is 0.923 bits per heavy atom. The summed E-state index contributed by atoms with van der Waals surface area (Å²) in [5, 5.41) is 4.82. The van der Waals surface area contributed by atoms with Crippen molar-refractivity contribution in [2.45, 2.75) is 0 Å². The van der Waals surface area contributed by atoms with E-state index in [1.54, 1.807) is 12.1 Å². The highest BCUT2D eigenvalue weighted by atomic mass is 32.1. The number of nitrogens with one attached hydrogen (secondary N) is 1. The van der Waals surface area contributed by atoms with Gasteiger partial charge in [0.15, 0.2) is 11.5 Å². The van der Waals surface area contributed by atoms with Crippen LogP contribution in [-0.2, 0) is 0 Å². The van der Waals surface area contributed by atoms with E-state index in [0.717, 1.165) is 11.1 Å². The molecule has 0 radical (unpaired) electrons. The number of carbonyl (C=O) groups is 1. The van der Waals surface area contributed by atoms with Crippen molar-refractivity contribution in [3.63, 3.8) is 0 Å². The summed E-state index contributed by atoms with van der Waals surface area (Å²) in [6.07, 6.45) is 0. The Balaban J connectivity index is 1.91. The minimum absolute atomic E-state index is 0.187. The molecule has 0 aliphatic rings. The molecule has 0 atom stereocenters. The largest absolute Gasteiger partial charge is 0.493 e. The zero-order chi connectivity index (χ0) is 18.5. The summed E-state index contributed by atoms with van der Waals surface area (Å²) in [5.74, 6) is 1.26. The van der Waals surface area contributed by atoms with Crippen LogP contribution in [0.5, 0.6) is 17.2 Å². The second-order valence-electron chi connectivity index (χ2n) is 5.40. The van der Waals surface area contributed by atoms with Crippen molar-refractivity contribution >= 4 is 22.9 Å². The van der Waals surface area contributed by atoms with Gasteiger partial charge in [0.2, 0.25) is 5.75 Å². The number of hydrogen-bond acceptors (Lipinski definition) is 5. The molecule has 0 saturated carbocycles. The molecule has 134 valence electrons. The first kappa shape index (κ1) is 17.8. The maximum absolute atomic E-state index is 12.8. The average molecular weight is 369 g/mol. The SMILES string of the molecule is COc1cc(NC(=O)c2sccc2-c2ccccc2)cc(OC)c1OC. The van der Waals surface area contributed by atoms with E-state index < -0.39 is 0 Å². The maximum atomic E-state index is 12.8. The van der Waals surface area contributed by atoms with E-state index in [-0.39, 0.29) is 5.91 Å². The Morgan fingerprint density at radius 2 is 1.58 bits per heavy atom. The molecule has 2 aromatic carbocycles. The standard InChI is InChI=1S/C20H19NO4S/c1-23-16-11-14(12-17(24-2)18(16)25-3)21-20(22)19-15(9-10-26-19)13-7-5-4-6-8-13/h4-12H,1-3H3,(H,21,22). The smallest absolute Gasteiger partial charge is 0.266 e. The fourth-order valence-corrected chi connectivity index (χ4v) is 3.48. The Morgan fingerprint density at radius 3 is 2.15 bits per heavy atom. The molecule has 3 rings (SSSR count). The molecule has 5 nitrogen and oxygen atoms in total. The van der Waals surface area contributed by atoms with Gasteiger partial charge in [-0.2, -0.15) is 0 Å². The van der Waals surface area contributed by atoms with Gasteiger partial charge in [0, 0.05) is 23.4 Å². The van der Waals surface area contributed by atoms with Crippen LogP contribution < -0.4 is 19.5 Å². The van der Waals surface area contributed by atoms with Crippen molar-refractivity contribution in [1.29, 1.82) is 0 Å². The molecule has 0 fully saturated rings. The summed E-state index contributed by atoms with van der Waals surface area (Å²) < 4.78 is 16.0. The van der Waals surface area contributed by atoms with Gasteiger partial charge in [-0.25, -0.2) is 0 Å². The highest BCUT2D eigenvalue weighted by Gasteiger charge is 2.18. The predicted octanol–water partition coefficient (Wildman–Crippen LogP) is 4.69. The molecule has 0 saturated heterocycles. The van der Waals surface area contributed by atoms with Crippen molar-refractivity contribution in [3.8, 4) is 28.4 Å². The zero-order valence-electron chi connectivity index (χ0n) is 14.7. The number of benzene rings is 2. The molecule has 1 N–H and O–H groups in total. The second kappa shape index (κ2) is 7.93. The number of amides is 1. The molecule has 1 aromatic heterocycles. The Hall–Kier alpha value is -2.99. The first-order valence-corrected chi connectivity index (χ1v) is 8.80. The van der Waals surface area contributed by atoms with Crippen molar-refractivity contribution < 1.29 is 19.0 Å². The van der Waals surface area contributed by atoms with Gasteiger partial charge in [-0.3, -0.25) is 4.79 Å². The number of methoxy groups -OCH3 is 3. The molecule has 3 aromatic rings. The third-order valence-electron chi connectivity index (χ3n) is 3.88. The average Bonchev–Trinajstić information content (AvgIpc) is 3.17. The lowest BCUT2D eigenvalue weighted by molar-refractivity contribution is 0.103. The van der Waals surface area contributed by atoms with Crippen LogP contribution in [0.1, 0.15) is 9.67 Å². The normalized spacial score (nSPS) is 10.3. The molecule has 6 heteroatoms. The van der Waals surface area contributed by atoms with Gasteiger partial charge in [0.25, 0.3) is 5.91 Å². The van der Waals surface area contributed by atoms with E-state index >= 15 is 0 Å². The molecule has 26 heavy (non-hydrogen) atoms. The van der Waals surface area contributed by atoms with Crippen LogP contribution in [0.2, 0.25) is 0 Å². The van der Waals surface area contributed by atoms with E-state index in [9.17, 15) is 4.79 Å². The summed E-state index contributed by atoms with van der Waals surface area (Å²) in [5.41, 5.74) is 2.47. The summed E-state index contributed by atoms with van der Waals surface area (Å²) in [7, 11) is 4.61. The minimum atomic E-state index is -0.187. The maximum Gasteiger partial charge on any atom is 0.266 e. The third kappa shape index (κ3) is 3.50. The third-order valence-corrected chi connectivity index (χ3v) is 4.79. The zero-order valence-corrected chi connectivity index (χ0v) is 15.6. The molecule has 0 unspecified atom stereocenters. The number of thiophene rings is 1. The Bertz CT molecular complexity index is 880. The predicted molar refractivity (Wildman–Crippen MR) is 104 cm³/mol. The van der Waals surface area contributed by atoms with Gasteiger partial charge in [-0.05, 0) is 17.0 Å². The van der Waals surface area contributed by atoms with Crippen LogP contribution in [0.3, 0.4) is 0 Å². The first-order chi connectivity index (χ1) is 12.7. The van der Waals surface area contributed by atoms with Crippen molar-refractivity contribution in [1.82, 2.24) is 0 Å². The molecule has 0 spiro atoms. The van der Waals surface area contributed by atoms with Gasteiger partial charge >= 0.3 is 0 Å². The van der Waals surface area contributed by atoms with Gasteiger partial charge in [0.05, 0.1) is 26.2 Å². The minimum Gasteiger partial charge on any atom is -0.493 e. The summed E-state index contributed by atoms with van der Waals surface area (Å²) >= 11 is 1.40. The van der Waals surface area contributed by atoms with Gasteiger partial charge in [-0.15, -0.1) is 11.3 Å². The van der Waals surface area contributed by atoms with Crippen LogP contribution in [0.25, 0.3) is 11.1 Å². The Kier molecular flexibility index (Phi) is 5.43. The highest BCUT2D eigenvalue weighted by Crippen LogP contribution is 2.40. The highest BCUT2D eigenvalue weighted by molar-refractivity contribution is 7.12. The first-order valence-electron chi connectivity index (χ1n) is 7.92. The van der Waals surface area contributed by atoms with Gasteiger partial charge in [0.1, 0.15) is 0 Å². The quantitative estimate of drug-likeness (QED) is 0.685. The van der Waals surface area contributed by atoms with Crippen LogP contribution in [0, 0.1) is 0 Å². The van der Waals surface area contributed by atoms with Crippen LogP contribution in [0.15, 0.2) is 53.9 Å². The summed E-state index contributed by atoms with van der Waals surface area (Å²) in [6.45, 7) is 0. The lowest BCUT2D eigenvalue weighted by atomic mass is 10.1. The molecule has 0 bridgehead atoms.